The summed E-state index contributed by atoms with van der Waals surface area (Å²) in [7, 11) is 0. The monoisotopic (exact) mass is 317 g/mol. The summed E-state index contributed by atoms with van der Waals surface area (Å²) in [5.74, 6) is 0.734. The van der Waals surface area contributed by atoms with Crippen LogP contribution in [0.25, 0.3) is 5.57 Å². The van der Waals surface area contributed by atoms with Crippen LogP contribution in [0.5, 0.6) is 0 Å². The summed E-state index contributed by atoms with van der Waals surface area (Å²) in [6, 6.07) is 3.16. The van der Waals surface area contributed by atoms with Gasteiger partial charge >= 0.3 is 6.03 Å². The zero-order chi connectivity index (χ0) is 16.2. The van der Waals surface area contributed by atoms with Gasteiger partial charge in [0.2, 0.25) is 5.91 Å². The molecule has 1 aromatic heterocycles. The van der Waals surface area contributed by atoms with Crippen LogP contribution >= 0.6 is 0 Å². The van der Waals surface area contributed by atoms with Gasteiger partial charge in [0.05, 0.1) is 12.8 Å². The molecule has 124 valence electrons. The minimum atomic E-state index is -0.427. The first kappa shape index (κ1) is 15.6. The minimum absolute atomic E-state index is 0.0779. The molecule has 1 atom stereocenters. The lowest BCUT2D eigenvalue weighted by Gasteiger charge is -2.30. The molecule has 23 heavy (non-hydrogen) atoms. The second-order valence-electron chi connectivity index (χ2n) is 6.20. The standard InChI is InChI=1S/C17H23N3O3/c1-12-7-9-20(11-13(12)15-6-4-10-23-15)17(22)19-14-5-2-3-8-18-16(14)21/h4,6,10,14H,2-3,5,7-9,11H2,1H3,(H,18,21)(H,19,22)/t14-/m0/s1. The quantitative estimate of drug-likeness (QED) is 0.877. The molecule has 0 aromatic carbocycles. The Balaban J connectivity index is 1.65. The van der Waals surface area contributed by atoms with Crippen molar-refractivity contribution < 1.29 is 14.0 Å². The number of furan rings is 1. The summed E-state index contributed by atoms with van der Waals surface area (Å²) in [5, 5.41) is 5.73. The van der Waals surface area contributed by atoms with E-state index in [4.69, 9.17) is 4.42 Å². The Kier molecular flexibility index (Phi) is 4.69. The highest BCUT2D eigenvalue weighted by atomic mass is 16.3. The number of rotatable bonds is 2. The second-order valence-corrected chi connectivity index (χ2v) is 6.20. The van der Waals surface area contributed by atoms with Crippen molar-refractivity contribution in [3.8, 4) is 0 Å². The van der Waals surface area contributed by atoms with Crippen molar-refractivity contribution in [2.24, 2.45) is 0 Å². The van der Waals surface area contributed by atoms with Crippen molar-refractivity contribution in [3.63, 3.8) is 0 Å². The predicted octanol–water partition coefficient (Wildman–Crippen LogP) is 2.14. The van der Waals surface area contributed by atoms with Crippen molar-refractivity contribution in [2.45, 2.75) is 38.6 Å². The van der Waals surface area contributed by atoms with Crippen molar-refractivity contribution in [1.82, 2.24) is 15.5 Å². The van der Waals surface area contributed by atoms with Gasteiger partial charge in [-0.05, 0) is 44.7 Å². The van der Waals surface area contributed by atoms with Gasteiger partial charge in [-0.15, -0.1) is 0 Å². The maximum absolute atomic E-state index is 12.5. The van der Waals surface area contributed by atoms with Gasteiger partial charge in [0.1, 0.15) is 11.8 Å². The highest BCUT2D eigenvalue weighted by Crippen LogP contribution is 2.26. The van der Waals surface area contributed by atoms with Gasteiger partial charge in [-0.25, -0.2) is 4.79 Å². The Labute approximate surface area is 135 Å². The SMILES string of the molecule is CC1=C(c2ccco2)CN(C(=O)N[C@H]2CCCCNC2=O)CC1. The lowest BCUT2D eigenvalue weighted by atomic mass is 10.00. The lowest BCUT2D eigenvalue weighted by Crippen LogP contribution is -2.51. The largest absolute Gasteiger partial charge is 0.465 e. The second kappa shape index (κ2) is 6.89. The fraction of sp³-hybridized carbons (Fsp3) is 0.529. The number of nitrogens with one attached hydrogen (secondary N) is 2. The Hall–Kier alpha value is -2.24. The number of hydrogen-bond donors (Lipinski definition) is 2. The summed E-state index contributed by atoms with van der Waals surface area (Å²) in [5.41, 5.74) is 2.30. The molecular formula is C17H23N3O3. The van der Waals surface area contributed by atoms with Gasteiger partial charge in [-0.1, -0.05) is 5.57 Å². The van der Waals surface area contributed by atoms with Gasteiger partial charge in [0.25, 0.3) is 0 Å². The molecule has 2 aliphatic rings. The molecule has 1 fully saturated rings. The van der Waals surface area contributed by atoms with Crippen LogP contribution in [0.15, 0.2) is 28.4 Å². The van der Waals surface area contributed by atoms with Gasteiger partial charge in [-0.2, -0.15) is 0 Å². The molecule has 0 unspecified atom stereocenters. The third-order valence-electron chi connectivity index (χ3n) is 4.56. The van der Waals surface area contributed by atoms with Crippen LogP contribution in [0.3, 0.4) is 0 Å². The van der Waals surface area contributed by atoms with Gasteiger partial charge in [-0.3, -0.25) is 4.79 Å². The van der Waals surface area contributed by atoms with E-state index < -0.39 is 6.04 Å². The van der Waals surface area contributed by atoms with Crippen LogP contribution in [0.4, 0.5) is 4.79 Å². The highest BCUT2D eigenvalue weighted by molar-refractivity contribution is 5.88. The molecular weight excluding hydrogens is 294 g/mol. The molecule has 0 aliphatic carbocycles. The first-order chi connectivity index (χ1) is 11.1. The number of urea groups is 1. The van der Waals surface area contributed by atoms with E-state index in [2.05, 4.69) is 17.6 Å². The number of carbonyl (C=O) groups excluding carboxylic acids is 2. The van der Waals surface area contributed by atoms with E-state index in [1.54, 1.807) is 11.2 Å². The van der Waals surface area contributed by atoms with Crippen molar-refractivity contribution in [1.29, 1.82) is 0 Å². The Morgan fingerprint density at radius 2 is 2.30 bits per heavy atom. The van der Waals surface area contributed by atoms with E-state index >= 15 is 0 Å². The number of carbonyl (C=O) groups is 2. The summed E-state index contributed by atoms with van der Waals surface area (Å²) < 4.78 is 5.47. The van der Waals surface area contributed by atoms with E-state index in [9.17, 15) is 9.59 Å². The van der Waals surface area contributed by atoms with Crippen molar-refractivity contribution >= 4 is 17.5 Å². The molecule has 3 amide bonds. The van der Waals surface area contributed by atoms with E-state index in [1.165, 1.54) is 5.57 Å². The maximum Gasteiger partial charge on any atom is 0.318 e. The number of amides is 3. The molecule has 3 rings (SSSR count). The van der Waals surface area contributed by atoms with Gasteiger partial charge in [0.15, 0.2) is 0 Å². The average Bonchev–Trinajstić information content (AvgIpc) is 3.00. The zero-order valence-electron chi connectivity index (χ0n) is 13.4. The van der Waals surface area contributed by atoms with Crippen LogP contribution in [-0.4, -0.2) is 42.5 Å². The molecule has 6 heteroatoms. The Bertz CT molecular complexity index is 607. The average molecular weight is 317 g/mol. The molecule has 3 heterocycles. The third-order valence-corrected chi connectivity index (χ3v) is 4.56. The molecule has 1 saturated heterocycles. The summed E-state index contributed by atoms with van der Waals surface area (Å²) in [6.45, 7) is 3.95. The summed E-state index contributed by atoms with van der Waals surface area (Å²) in [4.78, 5) is 26.2. The summed E-state index contributed by atoms with van der Waals surface area (Å²) in [6.07, 6.45) is 5.07. The highest BCUT2D eigenvalue weighted by Gasteiger charge is 2.27. The molecule has 0 saturated carbocycles. The van der Waals surface area contributed by atoms with Crippen LogP contribution in [0.1, 0.15) is 38.4 Å². The smallest absolute Gasteiger partial charge is 0.318 e. The molecule has 0 spiro atoms. The number of nitrogens with zero attached hydrogens (tertiary/aromatic N) is 1. The van der Waals surface area contributed by atoms with Crippen LogP contribution < -0.4 is 10.6 Å². The Morgan fingerprint density at radius 3 is 3.09 bits per heavy atom. The van der Waals surface area contributed by atoms with Gasteiger partial charge < -0.3 is 20.0 Å². The van der Waals surface area contributed by atoms with Crippen LogP contribution in [0, 0.1) is 0 Å². The Morgan fingerprint density at radius 1 is 1.43 bits per heavy atom. The topological polar surface area (TPSA) is 74.6 Å². The maximum atomic E-state index is 12.5. The van der Waals surface area contributed by atoms with Crippen molar-refractivity contribution in [3.05, 3.63) is 29.7 Å². The molecule has 0 radical (unpaired) electrons. The fourth-order valence-electron chi connectivity index (χ4n) is 3.09. The first-order valence-electron chi connectivity index (χ1n) is 8.21. The summed E-state index contributed by atoms with van der Waals surface area (Å²) >= 11 is 0. The molecule has 0 bridgehead atoms. The van der Waals surface area contributed by atoms with E-state index in [0.29, 0.717) is 26.1 Å². The van der Waals surface area contributed by atoms with E-state index in [1.807, 2.05) is 12.1 Å². The molecule has 2 N–H and O–H groups in total. The molecule has 2 aliphatic heterocycles. The normalized spacial score (nSPS) is 22.6. The minimum Gasteiger partial charge on any atom is -0.465 e. The van der Waals surface area contributed by atoms with Crippen molar-refractivity contribution in [2.75, 3.05) is 19.6 Å². The third kappa shape index (κ3) is 3.57. The van der Waals surface area contributed by atoms with Gasteiger partial charge in [0, 0.05) is 18.7 Å². The van der Waals surface area contributed by atoms with Crippen LogP contribution in [0.2, 0.25) is 0 Å². The van der Waals surface area contributed by atoms with E-state index in [-0.39, 0.29) is 11.9 Å². The predicted molar refractivity (Wildman–Crippen MR) is 86.7 cm³/mol. The fourth-order valence-corrected chi connectivity index (χ4v) is 3.09. The zero-order valence-corrected chi connectivity index (χ0v) is 13.4. The van der Waals surface area contributed by atoms with Crippen LogP contribution in [-0.2, 0) is 4.79 Å². The molecule has 1 aromatic rings. The molecule has 6 nitrogen and oxygen atoms in total. The number of hydrogen-bond acceptors (Lipinski definition) is 3. The van der Waals surface area contributed by atoms with E-state index in [0.717, 1.165) is 30.6 Å². The first-order valence-corrected chi connectivity index (χ1v) is 8.21. The lowest BCUT2D eigenvalue weighted by molar-refractivity contribution is -0.122.